The standard InChI is InChI=1S/C19H15FN4O3S/c1-23-15-7-2-11(17(21)25)8-16(15)24(19(23)26)10-14-9-22-18(28-14)27-13-5-3-12(20)4-6-13/h2-9H,10H2,1H3,(H2,21,25). The van der Waals surface area contributed by atoms with Crippen molar-refractivity contribution >= 4 is 28.3 Å². The summed E-state index contributed by atoms with van der Waals surface area (Å²) in [6.45, 7) is 0.267. The van der Waals surface area contributed by atoms with Gasteiger partial charge in [0.15, 0.2) is 0 Å². The lowest BCUT2D eigenvalue weighted by atomic mass is 10.2. The number of aromatic nitrogens is 3. The van der Waals surface area contributed by atoms with Crippen LogP contribution in [0.15, 0.2) is 53.5 Å². The summed E-state index contributed by atoms with van der Waals surface area (Å²) in [7, 11) is 1.67. The van der Waals surface area contributed by atoms with Crippen molar-refractivity contribution in [3.63, 3.8) is 0 Å². The van der Waals surface area contributed by atoms with E-state index < -0.39 is 5.91 Å². The van der Waals surface area contributed by atoms with Crippen LogP contribution in [-0.2, 0) is 13.6 Å². The van der Waals surface area contributed by atoms with E-state index >= 15 is 0 Å². The summed E-state index contributed by atoms with van der Waals surface area (Å²) in [5.74, 6) is -0.439. The zero-order valence-corrected chi connectivity index (χ0v) is 15.6. The van der Waals surface area contributed by atoms with Gasteiger partial charge >= 0.3 is 5.69 Å². The number of thiazole rings is 1. The predicted octanol–water partition coefficient (Wildman–Crippen LogP) is 2.88. The highest BCUT2D eigenvalue weighted by Gasteiger charge is 2.15. The first-order valence-electron chi connectivity index (χ1n) is 8.29. The first-order valence-corrected chi connectivity index (χ1v) is 9.11. The van der Waals surface area contributed by atoms with Crippen LogP contribution in [0.1, 0.15) is 15.2 Å². The number of nitrogens with zero attached hydrogens (tertiary/aromatic N) is 3. The van der Waals surface area contributed by atoms with Crippen molar-refractivity contribution in [1.82, 2.24) is 14.1 Å². The molecule has 0 spiro atoms. The van der Waals surface area contributed by atoms with Crippen LogP contribution in [0, 0.1) is 5.82 Å². The number of primary amides is 1. The summed E-state index contributed by atoms with van der Waals surface area (Å²) in [5, 5.41) is 0.382. The number of hydrogen-bond acceptors (Lipinski definition) is 5. The third-order valence-corrected chi connectivity index (χ3v) is 5.16. The van der Waals surface area contributed by atoms with Crippen LogP contribution in [0.5, 0.6) is 10.9 Å². The fourth-order valence-corrected chi connectivity index (χ4v) is 3.65. The summed E-state index contributed by atoms with van der Waals surface area (Å²) in [4.78, 5) is 29.1. The molecule has 0 fully saturated rings. The van der Waals surface area contributed by atoms with Crippen molar-refractivity contribution in [2.75, 3.05) is 0 Å². The number of ether oxygens (including phenoxy) is 1. The fraction of sp³-hybridized carbons (Fsp3) is 0.105. The van der Waals surface area contributed by atoms with E-state index in [0.717, 1.165) is 4.88 Å². The van der Waals surface area contributed by atoms with Crippen molar-refractivity contribution in [2.45, 2.75) is 6.54 Å². The molecule has 4 rings (SSSR count). The minimum atomic E-state index is -0.558. The molecule has 0 atom stereocenters. The van der Waals surface area contributed by atoms with Gasteiger partial charge in [0.05, 0.1) is 17.6 Å². The van der Waals surface area contributed by atoms with Gasteiger partial charge < -0.3 is 10.5 Å². The molecule has 0 bridgehead atoms. The number of carbonyl (C=O) groups excluding carboxylic acids is 1. The average molecular weight is 398 g/mol. The summed E-state index contributed by atoms with van der Waals surface area (Å²) in [5.41, 5.74) is 6.78. The largest absolute Gasteiger partial charge is 0.431 e. The number of halogens is 1. The van der Waals surface area contributed by atoms with E-state index in [2.05, 4.69) is 4.98 Å². The molecule has 0 saturated carbocycles. The van der Waals surface area contributed by atoms with Crippen molar-refractivity contribution in [2.24, 2.45) is 12.8 Å². The lowest BCUT2D eigenvalue weighted by Crippen LogP contribution is -2.22. The molecule has 0 aliphatic heterocycles. The number of amides is 1. The third-order valence-electron chi connectivity index (χ3n) is 4.30. The number of rotatable bonds is 5. The number of benzene rings is 2. The van der Waals surface area contributed by atoms with Crippen LogP contribution in [0.25, 0.3) is 11.0 Å². The van der Waals surface area contributed by atoms with Gasteiger partial charge in [0, 0.05) is 23.7 Å². The van der Waals surface area contributed by atoms with Gasteiger partial charge in [-0.2, -0.15) is 0 Å². The van der Waals surface area contributed by atoms with Crippen molar-refractivity contribution in [1.29, 1.82) is 0 Å². The second-order valence-corrected chi connectivity index (χ2v) is 7.22. The number of imidazole rings is 1. The minimum absolute atomic E-state index is 0.217. The van der Waals surface area contributed by atoms with Gasteiger partial charge in [-0.3, -0.25) is 13.9 Å². The Balaban J connectivity index is 1.65. The quantitative estimate of drug-likeness (QED) is 0.560. The summed E-state index contributed by atoms with van der Waals surface area (Å²) in [6.07, 6.45) is 1.62. The van der Waals surface area contributed by atoms with E-state index in [0.29, 0.717) is 27.5 Å². The molecule has 2 heterocycles. The van der Waals surface area contributed by atoms with Crippen molar-refractivity contribution in [3.8, 4) is 10.9 Å². The Labute approximate surface area is 162 Å². The molecule has 2 aromatic carbocycles. The Bertz CT molecular complexity index is 1240. The molecule has 7 nitrogen and oxygen atoms in total. The van der Waals surface area contributed by atoms with E-state index in [9.17, 15) is 14.0 Å². The molecular weight excluding hydrogens is 383 g/mol. The fourth-order valence-electron chi connectivity index (χ4n) is 2.89. The first-order chi connectivity index (χ1) is 13.4. The summed E-state index contributed by atoms with van der Waals surface area (Å²) >= 11 is 1.28. The maximum absolute atomic E-state index is 13.0. The Morgan fingerprint density at radius 1 is 1.21 bits per heavy atom. The van der Waals surface area contributed by atoms with Gasteiger partial charge in [0.25, 0.3) is 5.19 Å². The SMILES string of the molecule is Cn1c(=O)n(Cc2cnc(Oc3ccc(F)cc3)s2)c2cc(C(N)=O)ccc21. The van der Waals surface area contributed by atoms with Crippen LogP contribution >= 0.6 is 11.3 Å². The predicted molar refractivity (Wildman–Crippen MR) is 103 cm³/mol. The summed E-state index contributed by atoms with van der Waals surface area (Å²) < 4.78 is 21.7. The molecule has 0 aliphatic rings. The van der Waals surface area contributed by atoms with Gasteiger partial charge in [0.1, 0.15) is 11.6 Å². The van der Waals surface area contributed by atoms with Crippen LogP contribution in [-0.4, -0.2) is 20.0 Å². The smallest absolute Gasteiger partial charge is 0.329 e. The van der Waals surface area contributed by atoms with Crippen LogP contribution in [0.3, 0.4) is 0 Å². The van der Waals surface area contributed by atoms with E-state index in [1.54, 1.807) is 36.0 Å². The second kappa shape index (κ2) is 6.93. The van der Waals surface area contributed by atoms with Crippen LogP contribution in [0.2, 0.25) is 0 Å². The molecule has 9 heteroatoms. The maximum Gasteiger partial charge on any atom is 0.329 e. The molecule has 0 unspecified atom stereocenters. The average Bonchev–Trinajstić information content (AvgIpc) is 3.21. The van der Waals surface area contributed by atoms with Gasteiger partial charge in [-0.25, -0.2) is 14.2 Å². The van der Waals surface area contributed by atoms with Crippen LogP contribution in [0.4, 0.5) is 4.39 Å². The van der Waals surface area contributed by atoms with Crippen molar-refractivity contribution < 1.29 is 13.9 Å². The molecule has 0 aliphatic carbocycles. The Morgan fingerprint density at radius 2 is 1.96 bits per heavy atom. The molecule has 4 aromatic rings. The second-order valence-electron chi connectivity index (χ2n) is 6.14. The maximum atomic E-state index is 13.0. The Kier molecular flexibility index (Phi) is 4.44. The number of carbonyl (C=O) groups is 1. The zero-order chi connectivity index (χ0) is 19.8. The highest BCUT2D eigenvalue weighted by molar-refractivity contribution is 7.13. The van der Waals surface area contributed by atoms with Crippen LogP contribution < -0.4 is 16.2 Å². The number of aryl methyl sites for hydroxylation is 1. The molecule has 0 saturated heterocycles. The van der Waals surface area contributed by atoms with Gasteiger partial charge in [-0.05, 0) is 42.5 Å². The number of nitrogens with two attached hydrogens (primary N) is 1. The number of hydrogen-bond donors (Lipinski definition) is 1. The summed E-state index contributed by atoms with van der Waals surface area (Å²) in [6, 6.07) is 10.5. The molecular formula is C19H15FN4O3S. The van der Waals surface area contributed by atoms with Gasteiger partial charge in [-0.15, -0.1) is 0 Å². The normalized spacial score (nSPS) is 11.1. The monoisotopic (exact) mass is 398 g/mol. The van der Waals surface area contributed by atoms with Crippen molar-refractivity contribution in [3.05, 3.63) is 75.4 Å². The highest BCUT2D eigenvalue weighted by Crippen LogP contribution is 2.27. The molecule has 2 N–H and O–H groups in total. The van der Waals surface area contributed by atoms with E-state index in [1.165, 1.54) is 40.2 Å². The number of fused-ring (bicyclic) bond motifs is 1. The molecule has 2 aromatic heterocycles. The molecule has 1 amide bonds. The molecule has 28 heavy (non-hydrogen) atoms. The Morgan fingerprint density at radius 3 is 2.68 bits per heavy atom. The zero-order valence-electron chi connectivity index (χ0n) is 14.8. The third kappa shape index (κ3) is 3.27. The van der Waals surface area contributed by atoms with Gasteiger partial charge in [0.2, 0.25) is 5.91 Å². The van der Waals surface area contributed by atoms with Gasteiger partial charge in [-0.1, -0.05) is 11.3 Å². The molecule has 0 radical (unpaired) electrons. The Hall–Kier alpha value is -3.46. The van der Waals surface area contributed by atoms with E-state index in [1.807, 2.05) is 0 Å². The molecule has 142 valence electrons. The minimum Gasteiger partial charge on any atom is -0.431 e. The van der Waals surface area contributed by atoms with E-state index in [4.69, 9.17) is 10.5 Å². The lowest BCUT2D eigenvalue weighted by molar-refractivity contribution is 0.100. The first kappa shape index (κ1) is 17.9. The van der Waals surface area contributed by atoms with E-state index in [-0.39, 0.29) is 18.1 Å². The topological polar surface area (TPSA) is 92.1 Å². The highest BCUT2D eigenvalue weighted by atomic mass is 32.1. The lowest BCUT2D eigenvalue weighted by Gasteiger charge is -2.02.